The second-order valence-corrected chi connectivity index (χ2v) is 11.0. The lowest BCUT2D eigenvalue weighted by Crippen LogP contribution is -2.50. The first-order valence-electron chi connectivity index (χ1n) is 11.8. The van der Waals surface area contributed by atoms with Gasteiger partial charge in [0, 0.05) is 49.6 Å². The summed E-state index contributed by atoms with van der Waals surface area (Å²) in [6.45, 7) is 2.29. The first-order chi connectivity index (χ1) is 17.3. The molecule has 0 saturated carbocycles. The molecule has 1 N–H and O–H groups in total. The summed E-state index contributed by atoms with van der Waals surface area (Å²) in [7, 11) is -3.95. The summed E-state index contributed by atoms with van der Waals surface area (Å²) in [6, 6.07) is 13.9. The molecule has 0 bridgehead atoms. The first-order valence-corrected chi connectivity index (χ1v) is 13.2. The van der Waals surface area contributed by atoms with Gasteiger partial charge in [0.05, 0.1) is 17.1 Å². The van der Waals surface area contributed by atoms with E-state index in [1.807, 2.05) is 24.4 Å². The van der Waals surface area contributed by atoms with Gasteiger partial charge in [-0.2, -0.15) is 5.10 Å². The molecule has 11 heteroatoms. The standard InChI is InChI=1S/C25H27F2N5O3S/c26-23(27)19-6-8-20(9-7-19)36(34,35)32-18-25(21-4-1-2-5-22(21)32)10-15-30(16-11-25)24(33)28-13-17-31-14-3-12-29-31/h1-9,12,14,23H,10-11,13,15-18H2,(H,28,33). The maximum atomic E-state index is 13.5. The van der Waals surface area contributed by atoms with Crippen LogP contribution in [-0.4, -0.2) is 55.3 Å². The normalized spacial score (nSPS) is 17.0. The Morgan fingerprint density at radius 3 is 2.44 bits per heavy atom. The molecule has 2 aliphatic rings. The van der Waals surface area contributed by atoms with Gasteiger partial charge >= 0.3 is 6.03 Å². The number of piperidine rings is 1. The highest BCUT2D eigenvalue weighted by atomic mass is 32.2. The summed E-state index contributed by atoms with van der Waals surface area (Å²) in [5, 5.41) is 7.04. The Balaban J connectivity index is 1.30. The van der Waals surface area contributed by atoms with Crippen LogP contribution in [0.4, 0.5) is 19.3 Å². The molecule has 1 saturated heterocycles. The smallest absolute Gasteiger partial charge is 0.317 e. The van der Waals surface area contributed by atoms with Gasteiger partial charge in [0.25, 0.3) is 16.4 Å². The van der Waals surface area contributed by atoms with Crippen LogP contribution in [0.3, 0.4) is 0 Å². The quantitative estimate of drug-likeness (QED) is 0.542. The third-order valence-electron chi connectivity index (χ3n) is 7.09. The SMILES string of the molecule is O=C(NCCn1cccn1)N1CCC2(CC1)CN(S(=O)(=O)c1ccc(C(F)F)cc1)c1ccccc12. The maximum absolute atomic E-state index is 13.5. The van der Waals surface area contributed by atoms with Crippen LogP contribution >= 0.6 is 0 Å². The lowest BCUT2D eigenvalue weighted by atomic mass is 9.74. The number of benzene rings is 2. The highest BCUT2D eigenvalue weighted by Crippen LogP contribution is 2.48. The number of para-hydroxylation sites is 1. The molecule has 36 heavy (non-hydrogen) atoms. The summed E-state index contributed by atoms with van der Waals surface area (Å²) in [6.07, 6.45) is 2.10. The number of hydrogen-bond donors (Lipinski definition) is 1. The first kappa shape index (κ1) is 24.2. The predicted molar refractivity (Wildman–Crippen MR) is 130 cm³/mol. The maximum Gasteiger partial charge on any atom is 0.317 e. The van der Waals surface area contributed by atoms with E-state index in [1.165, 1.54) is 16.4 Å². The summed E-state index contributed by atoms with van der Waals surface area (Å²) in [5.74, 6) is 0. The minimum absolute atomic E-state index is 0.0206. The molecule has 0 unspecified atom stereocenters. The van der Waals surface area contributed by atoms with Gasteiger partial charge in [0.1, 0.15) is 0 Å². The second kappa shape index (κ2) is 9.53. The molecule has 3 heterocycles. The van der Waals surface area contributed by atoms with Gasteiger partial charge < -0.3 is 10.2 Å². The van der Waals surface area contributed by atoms with E-state index in [4.69, 9.17) is 0 Å². The summed E-state index contributed by atoms with van der Waals surface area (Å²) >= 11 is 0. The molecule has 2 amide bonds. The lowest BCUT2D eigenvalue weighted by molar-refractivity contribution is 0.151. The van der Waals surface area contributed by atoms with Crippen molar-refractivity contribution in [2.75, 3.05) is 30.5 Å². The zero-order valence-corrected chi connectivity index (χ0v) is 20.4. The Bertz CT molecular complexity index is 1320. The molecule has 1 spiro atoms. The fourth-order valence-corrected chi connectivity index (χ4v) is 6.67. The number of rotatable bonds is 6. The Hall–Kier alpha value is -3.47. The minimum atomic E-state index is -3.95. The monoisotopic (exact) mass is 515 g/mol. The van der Waals surface area contributed by atoms with Crippen LogP contribution in [0.2, 0.25) is 0 Å². The summed E-state index contributed by atoms with van der Waals surface area (Å²) in [5.41, 5.74) is 0.907. The number of fused-ring (bicyclic) bond motifs is 2. The van der Waals surface area contributed by atoms with E-state index >= 15 is 0 Å². The van der Waals surface area contributed by atoms with Crippen LogP contribution in [0.15, 0.2) is 71.9 Å². The molecule has 0 atom stereocenters. The van der Waals surface area contributed by atoms with Crippen molar-refractivity contribution < 1.29 is 22.0 Å². The molecule has 0 radical (unpaired) electrons. The highest BCUT2D eigenvalue weighted by Gasteiger charge is 2.48. The average Bonchev–Trinajstić information content (AvgIpc) is 3.52. The van der Waals surface area contributed by atoms with Crippen molar-refractivity contribution in [3.63, 3.8) is 0 Å². The van der Waals surface area contributed by atoms with Crippen molar-refractivity contribution in [3.05, 3.63) is 78.1 Å². The number of amides is 2. The number of likely N-dealkylation sites (tertiary alicyclic amines) is 1. The van der Waals surface area contributed by atoms with Crippen LogP contribution in [0.1, 0.15) is 30.4 Å². The third kappa shape index (κ3) is 4.43. The molecule has 2 aliphatic heterocycles. The van der Waals surface area contributed by atoms with Crippen LogP contribution in [0.25, 0.3) is 0 Å². The average molecular weight is 516 g/mol. The molecule has 0 aliphatic carbocycles. The van der Waals surface area contributed by atoms with Crippen molar-refractivity contribution in [1.82, 2.24) is 20.0 Å². The predicted octanol–water partition coefficient (Wildman–Crippen LogP) is 3.77. The van der Waals surface area contributed by atoms with Crippen LogP contribution < -0.4 is 9.62 Å². The fourth-order valence-electron chi connectivity index (χ4n) is 5.10. The molecule has 3 aromatic rings. The highest BCUT2D eigenvalue weighted by molar-refractivity contribution is 7.92. The number of hydrogen-bond acceptors (Lipinski definition) is 4. The zero-order valence-electron chi connectivity index (χ0n) is 19.6. The van der Waals surface area contributed by atoms with E-state index in [2.05, 4.69) is 10.4 Å². The number of urea groups is 1. The molecular formula is C25H27F2N5O3S. The van der Waals surface area contributed by atoms with Crippen molar-refractivity contribution in [2.45, 2.75) is 36.1 Å². The third-order valence-corrected chi connectivity index (χ3v) is 8.87. The molecule has 2 aromatic carbocycles. The topological polar surface area (TPSA) is 87.5 Å². The summed E-state index contributed by atoms with van der Waals surface area (Å²) in [4.78, 5) is 14.4. The Morgan fingerprint density at radius 2 is 1.78 bits per heavy atom. The van der Waals surface area contributed by atoms with Crippen molar-refractivity contribution in [3.8, 4) is 0 Å². The molecular weight excluding hydrogens is 488 g/mol. The zero-order chi connectivity index (χ0) is 25.3. The molecule has 8 nitrogen and oxygen atoms in total. The van der Waals surface area contributed by atoms with Crippen LogP contribution in [-0.2, 0) is 22.0 Å². The van der Waals surface area contributed by atoms with Crippen molar-refractivity contribution in [1.29, 1.82) is 0 Å². The number of anilines is 1. The van der Waals surface area contributed by atoms with Crippen molar-refractivity contribution >= 4 is 21.7 Å². The number of carbonyl (C=O) groups is 1. The summed E-state index contributed by atoms with van der Waals surface area (Å²) < 4.78 is 56.1. The number of halogens is 2. The van der Waals surface area contributed by atoms with E-state index in [0.29, 0.717) is 44.7 Å². The number of alkyl halides is 2. The number of sulfonamides is 1. The van der Waals surface area contributed by atoms with Gasteiger partial charge in [-0.05, 0) is 42.7 Å². The number of nitrogens with one attached hydrogen (secondary N) is 1. The Labute approximate surface area is 208 Å². The van der Waals surface area contributed by atoms with E-state index in [0.717, 1.165) is 17.7 Å². The van der Waals surface area contributed by atoms with Gasteiger partial charge in [0.2, 0.25) is 0 Å². The van der Waals surface area contributed by atoms with Crippen LogP contribution in [0, 0.1) is 0 Å². The molecule has 190 valence electrons. The number of aromatic nitrogens is 2. The largest absolute Gasteiger partial charge is 0.336 e. The van der Waals surface area contributed by atoms with E-state index in [1.54, 1.807) is 27.9 Å². The van der Waals surface area contributed by atoms with Gasteiger partial charge in [-0.3, -0.25) is 8.99 Å². The van der Waals surface area contributed by atoms with Gasteiger partial charge in [-0.25, -0.2) is 22.0 Å². The van der Waals surface area contributed by atoms with Crippen molar-refractivity contribution in [2.24, 2.45) is 0 Å². The molecule has 1 fully saturated rings. The molecule has 5 rings (SSSR count). The van der Waals surface area contributed by atoms with Gasteiger partial charge in [0.15, 0.2) is 0 Å². The minimum Gasteiger partial charge on any atom is -0.336 e. The Morgan fingerprint density at radius 1 is 1.06 bits per heavy atom. The molecule has 1 aromatic heterocycles. The van der Waals surface area contributed by atoms with E-state index in [-0.39, 0.29) is 23.0 Å². The van der Waals surface area contributed by atoms with Gasteiger partial charge in [-0.15, -0.1) is 0 Å². The van der Waals surface area contributed by atoms with Crippen LogP contribution in [0.5, 0.6) is 0 Å². The van der Waals surface area contributed by atoms with E-state index < -0.39 is 21.9 Å². The van der Waals surface area contributed by atoms with E-state index in [9.17, 15) is 22.0 Å². The fraction of sp³-hybridized carbons (Fsp3) is 0.360. The Kier molecular flexibility index (Phi) is 6.42. The number of carbonyl (C=O) groups excluding carboxylic acids is 1. The number of nitrogens with zero attached hydrogens (tertiary/aromatic N) is 4. The second-order valence-electron chi connectivity index (χ2n) is 9.17. The lowest BCUT2D eigenvalue weighted by Gasteiger charge is -2.39. The van der Waals surface area contributed by atoms with Gasteiger partial charge in [-0.1, -0.05) is 30.3 Å².